The summed E-state index contributed by atoms with van der Waals surface area (Å²) in [5, 5.41) is 17.7. The molecule has 2 aromatic heterocycles. The fraction of sp³-hybridized carbons (Fsp3) is 0.250. The van der Waals surface area contributed by atoms with E-state index in [1.807, 2.05) is 41.8 Å². The largest absolute Gasteiger partial charge is 0.480 e. The lowest BCUT2D eigenvalue weighted by Crippen LogP contribution is -2.43. The maximum absolute atomic E-state index is 12.5. The molecule has 0 aliphatic heterocycles. The van der Waals surface area contributed by atoms with Crippen molar-refractivity contribution in [3.8, 4) is 0 Å². The van der Waals surface area contributed by atoms with Crippen LogP contribution in [0.4, 0.5) is 0 Å². The minimum absolute atomic E-state index is 0.0300. The van der Waals surface area contributed by atoms with Gasteiger partial charge in [-0.2, -0.15) is 0 Å². The van der Waals surface area contributed by atoms with Crippen LogP contribution in [0.2, 0.25) is 0 Å². The molecule has 3 aromatic rings. The molecule has 146 valence electrons. The third kappa shape index (κ3) is 4.77. The van der Waals surface area contributed by atoms with Gasteiger partial charge >= 0.3 is 5.97 Å². The smallest absolute Gasteiger partial charge is 0.326 e. The molecule has 0 spiro atoms. The third-order valence-electron chi connectivity index (χ3n) is 4.39. The number of aromatic amines is 1. The Kier molecular flexibility index (Phi) is 6.10. The predicted molar refractivity (Wildman–Crippen MR) is 107 cm³/mol. The van der Waals surface area contributed by atoms with Crippen molar-refractivity contribution in [2.24, 2.45) is 0 Å². The van der Waals surface area contributed by atoms with Gasteiger partial charge in [0.15, 0.2) is 0 Å². The van der Waals surface area contributed by atoms with Crippen molar-refractivity contribution >= 4 is 40.0 Å². The molecule has 0 aliphatic carbocycles. The molecule has 0 radical (unpaired) electrons. The van der Waals surface area contributed by atoms with Gasteiger partial charge in [0.1, 0.15) is 6.04 Å². The molecule has 1 aromatic carbocycles. The monoisotopic (exact) mass is 399 g/mol. The number of H-pyrrole nitrogens is 1. The standard InChI is InChI=1S/C20H21N3O4S/c1-12(24)22-16(18-7-4-8-28-18)10-19(25)23-17(20(26)27)9-13-11-21-15-6-3-2-5-14(13)15/h2-8,11,16-17,21H,9-10H2,1H3,(H,22,24)(H,23,25)(H,26,27). The number of thiophene rings is 1. The Hall–Kier alpha value is -3.13. The minimum atomic E-state index is -1.11. The van der Waals surface area contributed by atoms with E-state index in [9.17, 15) is 19.5 Å². The number of carbonyl (C=O) groups excluding carboxylic acids is 2. The van der Waals surface area contributed by atoms with Crippen LogP contribution in [0.3, 0.4) is 0 Å². The van der Waals surface area contributed by atoms with Gasteiger partial charge in [0.05, 0.1) is 12.5 Å². The highest BCUT2D eigenvalue weighted by Gasteiger charge is 2.24. The number of carboxylic acids is 1. The predicted octanol–water partition coefficient (Wildman–Crippen LogP) is 2.61. The van der Waals surface area contributed by atoms with Gasteiger partial charge < -0.3 is 20.7 Å². The summed E-state index contributed by atoms with van der Waals surface area (Å²) in [6, 6.07) is 9.72. The summed E-state index contributed by atoms with van der Waals surface area (Å²) in [4.78, 5) is 39.6. The number of fused-ring (bicyclic) bond motifs is 1. The quantitative estimate of drug-likeness (QED) is 0.466. The van der Waals surface area contributed by atoms with Gasteiger partial charge in [-0.25, -0.2) is 4.79 Å². The molecule has 7 nitrogen and oxygen atoms in total. The van der Waals surface area contributed by atoms with Gasteiger partial charge in [-0.15, -0.1) is 11.3 Å². The van der Waals surface area contributed by atoms with Gasteiger partial charge in [-0.1, -0.05) is 24.3 Å². The summed E-state index contributed by atoms with van der Waals surface area (Å²) >= 11 is 1.43. The van der Waals surface area contributed by atoms with E-state index in [1.165, 1.54) is 18.3 Å². The first kappa shape index (κ1) is 19.6. The average molecular weight is 399 g/mol. The first-order chi connectivity index (χ1) is 13.4. The summed E-state index contributed by atoms with van der Waals surface area (Å²) in [5.41, 5.74) is 1.73. The van der Waals surface area contributed by atoms with Gasteiger partial charge in [-0.05, 0) is 23.1 Å². The molecule has 28 heavy (non-hydrogen) atoms. The van der Waals surface area contributed by atoms with E-state index >= 15 is 0 Å². The molecule has 8 heteroatoms. The highest BCUT2D eigenvalue weighted by Crippen LogP contribution is 2.23. The number of para-hydroxylation sites is 1. The summed E-state index contributed by atoms with van der Waals surface area (Å²) in [5.74, 6) is -1.79. The van der Waals surface area contributed by atoms with Gasteiger partial charge in [-0.3, -0.25) is 9.59 Å². The third-order valence-corrected chi connectivity index (χ3v) is 5.37. The molecular formula is C20H21N3O4S. The topological polar surface area (TPSA) is 111 Å². The highest BCUT2D eigenvalue weighted by molar-refractivity contribution is 7.10. The zero-order valence-corrected chi connectivity index (χ0v) is 16.1. The molecule has 0 bridgehead atoms. The Bertz CT molecular complexity index is 980. The first-order valence-corrected chi connectivity index (χ1v) is 9.69. The lowest BCUT2D eigenvalue weighted by molar-refractivity contribution is -0.142. The average Bonchev–Trinajstić information content (AvgIpc) is 3.30. The van der Waals surface area contributed by atoms with Crippen LogP contribution in [0, 0.1) is 0 Å². The number of carbonyl (C=O) groups is 3. The zero-order valence-electron chi connectivity index (χ0n) is 15.3. The van der Waals surface area contributed by atoms with Crippen LogP contribution in [-0.2, 0) is 20.8 Å². The summed E-state index contributed by atoms with van der Waals surface area (Å²) < 4.78 is 0. The number of hydrogen-bond acceptors (Lipinski definition) is 4. The second kappa shape index (κ2) is 8.71. The normalized spacial score (nSPS) is 13.0. The van der Waals surface area contributed by atoms with E-state index in [0.717, 1.165) is 21.3 Å². The van der Waals surface area contributed by atoms with Crippen molar-refractivity contribution in [2.45, 2.75) is 31.8 Å². The van der Waals surface area contributed by atoms with E-state index in [4.69, 9.17) is 0 Å². The molecule has 0 saturated carbocycles. The van der Waals surface area contributed by atoms with Crippen molar-refractivity contribution in [2.75, 3.05) is 0 Å². The number of nitrogens with one attached hydrogen (secondary N) is 3. The van der Waals surface area contributed by atoms with E-state index in [2.05, 4.69) is 15.6 Å². The first-order valence-electron chi connectivity index (χ1n) is 8.81. The van der Waals surface area contributed by atoms with E-state index in [1.54, 1.807) is 6.20 Å². The Balaban J connectivity index is 1.70. The number of carboxylic acid groups (broad SMARTS) is 1. The second-order valence-corrected chi connectivity index (χ2v) is 7.47. The number of aromatic nitrogens is 1. The lowest BCUT2D eigenvalue weighted by atomic mass is 10.0. The molecule has 3 rings (SSSR count). The molecule has 4 N–H and O–H groups in total. The number of benzene rings is 1. The van der Waals surface area contributed by atoms with Gasteiger partial charge in [0.25, 0.3) is 0 Å². The minimum Gasteiger partial charge on any atom is -0.480 e. The van der Waals surface area contributed by atoms with Crippen LogP contribution in [0.25, 0.3) is 10.9 Å². The van der Waals surface area contributed by atoms with Crippen LogP contribution < -0.4 is 10.6 Å². The van der Waals surface area contributed by atoms with E-state index < -0.39 is 24.0 Å². The van der Waals surface area contributed by atoms with Crippen molar-refractivity contribution in [3.05, 3.63) is 58.4 Å². The Morgan fingerprint density at radius 1 is 1.14 bits per heavy atom. The number of aliphatic carboxylic acids is 1. The summed E-state index contributed by atoms with van der Waals surface area (Å²) in [6.07, 6.45) is 1.89. The van der Waals surface area contributed by atoms with Gasteiger partial charge in [0, 0.05) is 35.3 Å². The highest BCUT2D eigenvalue weighted by atomic mass is 32.1. The van der Waals surface area contributed by atoms with Crippen LogP contribution >= 0.6 is 11.3 Å². The Morgan fingerprint density at radius 2 is 1.93 bits per heavy atom. The number of amides is 2. The number of hydrogen-bond donors (Lipinski definition) is 4. The summed E-state index contributed by atoms with van der Waals surface area (Å²) in [7, 11) is 0. The Morgan fingerprint density at radius 3 is 2.61 bits per heavy atom. The molecular weight excluding hydrogens is 378 g/mol. The van der Waals surface area contributed by atoms with Crippen LogP contribution in [-0.4, -0.2) is 33.9 Å². The van der Waals surface area contributed by atoms with Crippen LogP contribution in [0.15, 0.2) is 48.0 Å². The fourth-order valence-electron chi connectivity index (χ4n) is 3.12. The Labute approximate surface area is 165 Å². The van der Waals surface area contributed by atoms with Crippen LogP contribution in [0.5, 0.6) is 0 Å². The maximum atomic E-state index is 12.5. The van der Waals surface area contributed by atoms with Gasteiger partial charge in [0.2, 0.25) is 11.8 Å². The zero-order chi connectivity index (χ0) is 20.1. The SMILES string of the molecule is CC(=O)NC(CC(=O)NC(Cc1c[nH]c2ccccc12)C(=O)O)c1cccs1. The summed E-state index contributed by atoms with van der Waals surface area (Å²) in [6.45, 7) is 1.38. The molecule has 2 heterocycles. The van der Waals surface area contributed by atoms with Crippen LogP contribution in [0.1, 0.15) is 29.8 Å². The van der Waals surface area contributed by atoms with Crippen molar-refractivity contribution in [1.29, 1.82) is 0 Å². The fourth-order valence-corrected chi connectivity index (χ4v) is 3.89. The molecule has 0 aliphatic rings. The van der Waals surface area contributed by atoms with Crippen molar-refractivity contribution < 1.29 is 19.5 Å². The maximum Gasteiger partial charge on any atom is 0.326 e. The lowest BCUT2D eigenvalue weighted by Gasteiger charge is -2.19. The molecule has 2 amide bonds. The van der Waals surface area contributed by atoms with E-state index in [-0.39, 0.29) is 18.7 Å². The molecule has 0 fully saturated rings. The van der Waals surface area contributed by atoms with Crippen molar-refractivity contribution in [3.63, 3.8) is 0 Å². The van der Waals surface area contributed by atoms with E-state index in [0.29, 0.717) is 0 Å². The molecule has 2 atom stereocenters. The molecule has 0 saturated heterocycles. The molecule has 2 unspecified atom stereocenters. The number of rotatable bonds is 8. The van der Waals surface area contributed by atoms with Crippen molar-refractivity contribution in [1.82, 2.24) is 15.6 Å². The second-order valence-electron chi connectivity index (χ2n) is 6.49.